The molecule has 2 amide bonds. The van der Waals surface area contributed by atoms with Crippen LogP contribution in [-0.2, 0) is 9.59 Å². The summed E-state index contributed by atoms with van der Waals surface area (Å²) < 4.78 is 1.44. The molecule has 0 radical (unpaired) electrons. The molecule has 1 fully saturated rings. The lowest BCUT2D eigenvalue weighted by atomic mass is 10.1. The fourth-order valence-corrected chi connectivity index (χ4v) is 2.00. The zero-order valence-corrected chi connectivity index (χ0v) is 11.1. The van der Waals surface area contributed by atoms with Crippen molar-refractivity contribution in [1.82, 2.24) is 25.2 Å². The molecule has 1 aromatic rings. The number of carbonyl (C=O) groups excluding carboxylic acids is 2. The number of carboxylic acid groups (broad SMARTS) is 1. The number of amides is 2. The SMILES string of the molecule is CC(=O)NC(C)C(=O)N1CC(n2cc(C(=O)O)nn2)C1. The van der Waals surface area contributed by atoms with E-state index in [0.29, 0.717) is 13.1 Å². The van der Waals surface area contributed by atoms with Crippen LogP contribution >= 0.6 is 0 Å². The van der Waals surface area contributed by atoms with E-state index in [1.54, 1.807) is 11.8 Å². The summed E-state index contributed by atoms with van der Waals surface area (Å²) in [4.78, 5) is 35.1. The van der Waals surface area contributed by atoms with Crippen LogP contribution in [0.1, 0.15) is 30.4 Å². The largest absolute Gasteiger partial charge is 0.476 e. The van der Waals surface area contributed by atoms with E-state index in [9.17, 15) is 14.4 Å². The first-order valence-electron chi connectivity index (χ1n) is 6.09. The first-order chi connectivity index (χ1) is 9.38. The number of rotatable bonds is 4. The van der Waals surface area contributed by atoms with Crippen molar-refractivity contribution in [2.75, 3.05) is 13.1 Å². The van der Waals surface area contributed by atoms with Crippen molar-refractivity contribution < 1.29 is 19.5 Å². The highest BCUT2D eigenvalue weighted by molar-refractivity contribution is 5.87. The lowest BCUT2D eigenvalue weighted by Gasteiger charge is -2.40. The fraction of sp³-hybridized carbons (Fsp3) is 0.545. The minimum Gasteiger partial charge on any atom is -0.476 e. The molecule has 2 rings (SSSR count). The Morgan fingerprint density at radius 2 is 2.10 bits per heavy atom. The predicted molar refractivity (Wildman–Crippen MR) is 65.9 cm³/mol. The zero-order valence-electron chi connectivity index (χ0n) is 11.1. The third kappa shape index (κ3) is 2.76. The summed E-state index contributed by atoms with van der Waals surface area (Å²) in [6, 6.07) is -0.650. The van der Waals surface area contributed by atoms with Gasteiger partial charge in [0.05, 0.1) is 12.2 Å². The number of hydrogen-bond acceptors (Lipinski definition) is 5. The average molecular weight is 281 g/mol. The van der Waals surface area contributed by atoms with Crippen molar-refractivity contribution in [3.63, 3.8) is 0 Å². The van der Waals surface area contributed by atoms with Crippen molar-refractivity contribution in [2.45, 2.75) is 25.9 Å². The summed E-state index contributed by atoms with van der Waals surface area (Å²) in [5.74, 6) is -1.57. The Hall–Kier alpha value is -2.45. The Bertz CT molecular complexity index is 549. The molecule has 1 aliphatic heterocycles. The molecule has 0 aliphatic carbocycles. The van der Waals surface area contributed by atoms with Gasteiger partial charge in [-0.25, -0.2) is 9.48 Å². The quantitative estimate of drug-likeness (QED) is 0.722. The van der Waals surface area contributed by atoms with Gasteiger partial charge in [-0.1, -0.05) is 5.21 Å². The van der Waals surface area contributed by atoms with Gasteiger partial charge in [0.1, 0.15) is 6.04 Å². The van der Waals surface area contributed by atoms with Crippen LogP contribution in [0, 0.1) is 0 Å². The van der Waals surface area contributed by atoms with Crippen LogP contribution in [0.2, 0.25) is 0 Å². The summed E-state index contributed by atoms with van der Waals surface area (Å²) in [5, 5.41) is 18.5. The standard InChI is InChI=1S/C11H15N5O4/c1-6(12-7(2)17)10(18)15-3-8(4-15)16-5-9(11(19)20)13-14-16/h5-6,8H,3-4H2,1-2H3,(H,12,17)(H,19,20). The van der Waals surface area contributed by atoms with E-state index in [-0.39, 0.29) is 23.6 Å². The minimum atomic E-state index is -1.14. The second-order valence-corrected chi connectivity index (χ2v) is 4.71. The smallest absolute Gasteiger partial charge is 0.358 e. The van der Waals surface area contributed by atoms with E-state index < -0.39 is 12.0 Å². The van der Waals surface area contributed by atoms with Gasteiger partial charge < -0.3 is 15.3 Å². The van der Waals surface area contributed by atoms with Gasteiger partial charge in [0.25, 0.3) is 0 Å². The molecular formula is C11H15N5O4. The van der Waals surface area contributed by atoms with Crippen molar-refractivity contribution in [2.24, 2.45) is 0 Å². The first kappa shape index (κ1) is 14.0. The second-order valence-electron chi connectivity index (χ2n) is 4.71. The van der Waals surface area contributed by atoms with Crippen LogP contribution in [0.3, 0.4) is 0 Å². The maximum atomic E-state index is 11.9. The van der Waals surface area contributed by atoms with E-state index in [2.05, 4.69) is 15.6 Å². The van der Waals surface area contributed by atoms with Crippen molar-refractivity contribution >= 4 is 17.8 Å². The van der Waals surface area contributed by atoms with Crippen LogP contribution in [0.4, 0.5) is 0 Å². The van der Waals surface area contributed by atoms with Crippen LogP contribution in [0.25, 0.3) is 0 Å². The second kappa shape index (κ2) is 5.27. The Kier molecular flexibility index (Phi) is 3.68. The molecule has 1 aromatic heterocycles. The molecule has 0 saturated carbocycles. The summed E-state index contributed by atoms with van der Waals surface area (Å²) in [5.41, 5.74) is -0.124. The van der Waals surface area contributed by atoms with Crippen LogP contribution in [0.5, 0.6) is 0 Å². The highest BCUT2D eigenvalue weighted by Crippen LogP contribution is 2.21. The number of nitrogens with one attached hydrogen (secondary N) is 1. The third-order valence-corrected chi connectivity index (χ3v) is 3.07. The molecule has 2 N–H and O–H groups in total. The van der Waals surface area contributed by atoms with Gasteiger partial charge in [0.2, 0.25) is 11.8 Å². The Balaban J connectivity index is 1.88. The highest BCUT2D eigenvalue weighted by Gasteiger charge is 2.35. The molecule has 9 nitrogen and oxygen atoms in total. The van der Waals surface area contributed by atoms with Gasteiger partial charge >= 0.3 is 5.97 Å². The molecular weight excluding hydrogens is 266 g/mol. The van der Waals surface area contributed by atoms with E-state index in [4.69, 9.17) is 5.11 Å². The topological polar surface area (TPSA) is 117 Å². The number of aromatic nitrogens is 3. The number of nitrogens with zero attached hydrogens (tertiary/aromatic N) is 4. The normalized spacial score (nSPS) is 16.4. The van der Waals surface area contributed by atoms with Crippen molar-refractivity contribution in [3.8, 4) is 0 Å². The van der Waals surface area contributed by atoms with Crippen molar-refractivity contribution in [3.05, 3.63) is 11.9 Å². The number of carboxylic acids is 1. The monoisotopic (exact) mass is 281 g/mol. The molecule has 2 heterocycles. The number of carbonyl (C=O) groups is 3. The fourth-order valence-electron chi connectivity index (χ4n) is 2.00. The van der Waals surface area contributed by atoms with Crippen molar-refractivity contribution in [1.29, 1.82) is 0 Å². The maximum absolute atomic E-state index is 11.9. The zero-order chi connectivity index (χ0) is 14.9. The number of aromatic carboxylic acids is 1. The van der Waals surface area contributed by atoms with Crippen LogP contribution in [0.15, 0.2) is 6.20 Å². The lowest BCUT2D eigenvalue weighted by molar-refractivity contribution is -0.140. The van der Waals surface area contributed by atoms with E-state index in [0.717, 1.165) is 0 Å². The Morgan fingerprint density at radius 1 is 1.45 bits per heavy atom. The van der Waals surface area contributed by atoms with Gasteiger partial charge in [0.15, 0.2) is 5.69 Å². The first-order valence-corrected chi connectivity index (χ1v) is 6.09. The molecule has 1 atom stereocenters. The van der Waals surface area contributed by atoms with E-state index >= 15 is 0 Å². The summed E-state index contributed by atoms with van der Waals surface area (Å²) >= 11 is 0. The van der Waals surface area contributed by atoms with E-state index in [1.165, 1.54) is 17.8 Å². The predicted octanol–water partition coefficient (Wildman–Crippen LogP) is -1.12. The van der Waals surface area contributed by atoms with Crippen LogP contribution in [-0.4, -0.2) is 61.9 Å². The maximum Gasteiger partial charge on any atom is 0.358 e. The van der Waals surface area contributed by atoms with Gasteiger partial charge in [-0.05, 0) is 6.92 Å². The minimum absolute atomic E-state index is 0.0796. The van der Waals surface area contributed by atoms with E-state index in [1.807, 2.05) is 0 Å². The average Bonchev–Trinajstić information content (AvgIpc) is 2.75. The summed E-state index contributed by atoms with van der Waals surface area (Å²) in [7, 11) is 0. The Labute approximate surface area is 114 Å². The van der Waals surface area contributed by atoms with Gasteiger partial charge in [-0.3, -0.25) is 9.59 Å². The molecule has 1 unspecified atom stereocenters. The van der Waals surface area contributed by atoms with Crippen LogP contribution < -0.4 is 5.32 Å². The third-order valence-electron chi connectivity index (χ3n) is 3.07. The van der Waals surface area contributed by atoms with Gasteiger partial charge in [0, 0.05) is 20.0 Å². The molecule has 0 bridgehead atoms. The number of hydrogen-bond donors (Lipinski definition) is 2. The molecule has 1 aliphatic rings. The summed E-state index contributed by atoms with van der Waals surface area (Å²) in [6.45, 7) is 3.82. The molecule has 0 spiro atoms. The Morgan fingerprint density at radius 3 is 2.60 bits per heavy atom. The van der Waals surface area contributed by atoms with Gasteiger partial charge in [-0.15, -0.1) is 5.10 Å². The molecule has 20 heavy (non-hydrogen) atoms. The lowest BCUT2D eigenvalue weighted by Crippen LogP contribution is -2.56. The molecule has 9 heteroatoms. The summed E-state index contributed by atoms with van der Waals surface area (Å²) in [6.07, 6.45) is 1.34. The number of likely N-dealkylation sites (tertiary alicyclic amines) is 1. The van der Waals surface area contributed by atoms with Gasteiger partial charge in [-0.2, -0.15) is 0 Å². The molecule has 108 valence electrons. The highest BCUT2D eigenvalue weighted by atomic mass is 16.4. The molecule has 0 aromatic carbocycles. The molecule has 1 saturated heterocycles.